The Morgan fingerprint density at radius 1 is 0.973 bits per heavy atom. The van der Waals surface area contributed by atoms with Crippen molar-refractivity contribution in [3.63, 3.8) is 0 Å². The number of hydrogen-bond donors (Lipinski definition) is 1. The molecular weight excluding hydrogens is 500 g/mol. The lowest BCUT2D eigenvalue weighted by atomic mass is 10.0. The van der Waals surface area contributed by atoms with Crippen LogP contribution >= 0.6 is 23.4 Å². The number of carbonyl (C=O) groups excluding carboxylic acids is 1. The number of halogens is 1. The van der Waals surface area contributed by atoms with E-state index in [4.69, 9.17) is 11.6 Å². The van der Waals surface area contributed by atoms with Crippen LogP contribution < -0.4 is 5.32 Å². The first kappa shape index (κ1) is 27.0. The van der Waals surface area contributed by atoms with Crippen LogP contribution in [-0.4, -0.2) is 20.7 Å². The van der Waals surface area contributed by atoms with Gasteiger partial charge in [-0.1, -0.05) is 103 Å². The van der Waals surface area contributed by atoms with Gasteiger partial charge < -0.3 is 5.32 Å². The second-order valence-corrected chi connectivity index (χ2v) is 11.2. The van der Waals surface area contributed by atoms with Crippen LogP contribution in [-0.2, 0) is 17.0 Å². The maximum Gasteiger partial charge on any atom is 0.220 e. The summed E-state index contributed by atoms with van der Waals surface area (Å²) in [6.45, 7) is 8.24. The fourth-order valence-electron chi connectivity index (χ4n) is 4.28. The Balaban J connectivity index is 1.77. The van der Waals surface area contributed by atoms with E-state index in [0.29, 0.717) is 23.7 Å². The number of carbonyl (C=O) groups is 1. The highest BCUT2D eigenvalue weighted by Gasteiger charge is 2.26. The molecule has 0 aliphatic rings. The van der Waals surface area contributed by atoms with E-state index in [9.17, 15) is 4.79 Å². The van der Waals surface area contributed by atoms with Crippen LogP contribution in [0.15, 0.2) is 78.0 Å². The quantitative estimate of drug-likeness (QED) is 0.218. The summed E-state index contributed by atoms with van der Waals surface area (Å²) in [4.78, 5) is 13.0. The molecule has 0 spiro atoms. The first-order chi connectivity index (χ1) is 17.8. The molecule has 1 amide bonds. The highest BCUT2D eigenvalue weighted by Crippen LogP contribution is 2.31. The molecule has 1 aromatic heterocycles. The molecule has 0 bridgehead atoms. The van der Waals surface area contributed by atoms with Gasteiger partial charge in [0.05, 0.1) is 11.7 Å². The average Bonchev–Trinajstić information content (AvgIpc) is 3.28. The lowest BCUT2D eigenvalue weighted by Gasteiger charge is -2.21. The van der Waals surface area contributed by atoms with Crippen LogP contribution in [0.5, 0.6) is 0 Å². The number of rotatable bonds is 10. The third-order valence-electron chi connectivity index (χ3n) is 6.04. The lowest BCUT2D eigenvalue weighted by molar-refractivity contribution is -0.122. The first-order valence-corrected chi connectivity index (χ1v) is 13.9. The van der Waals surface area contributed by atoms with Crippen molar-refractivity contribution >= 4 is 29.3 Å². The highest BCUT2D eigenvalue weighted by atomic mass is 35.5. The van der Waals surface area contributed by atoms with E-state index < -0.39 is 0 Å². The second kappa shape index (κ2) is 12.4. The van der Waals surface area contributed by atoms with Gasteiger partial charge in [0.1, 0.15) is 0 Å². The van der Waals surface area contributed by atoms with Gasteiger partial charge in [0.25, 0.3) is 0 Å². The van der Waals surface area contributed by atoms with Gasteiger partial charge in [0.15, 0.2) is 11.0 Å². The van der Waals surface area contributed by atoms with E-state index in [-0.39, 0.29) is 17.9 Å². The summed E-state index contributed by atoms with van der Waals surface area (Å²) in [5.74, 6) is 1.70. The normalized spacial score (nSPS) is 12.1. The second-order valence-electron chi connectivity index (χ2n) is 9.79. The van der Waals surface area contributed by atoms with Gasteiger partial charge in [-0.15, -0.1) is 10.2 Å². The summed E-state index contributed by atoms with van der Waals surface area (Å²) < 4.78 is 2.06. The van der Waals surface area contributed by atoms with Crippen LogP contribution in [0.25, 0.3) is 5.69 Å². The minimum atomic E-state index is -0.354. The van der Waals surface area contributed by atoms with Crippen LogP contribution in [0.2, 0.25) is 5.02 Å². The van der Waals surface area contributed by atoms with E-state index >= 15 is 0 Å². The van der Waals surface area contributed by atoms with Gasteiger partial charge in [-0.25, -0.2) is 0 Å². The number of thioether (sulfide) groups is 1. The Hall–Kier alpha value is -3.09. The molecule has 0 aliphatic heterocycles. The van der Waals surface area contributed by atoms with Crippen LogP contribution in [0, 0.1) is 19.8 Å². The van der Waals surface area contributed by atoms with Gasteiger partial charge in [-0.05, 0) is 55.0 Å². The third kappa shape index (κ3) is 7.24. The predicted octanol–water partition coefficient (Wildman–Crippen LogP) is 7.28. The zero-order chi connectivity index (χ0) is 26.4. The Morgan fingerprint density at radius 3 is 2.46 bits per heavy atom. The molecule has 5 nitrogen and oxygen atoms in total. The van der Waals surface area contributed by atoms with Crippen molar-refractivity contribution in [1.82, 2.24) is 20.1 Å². The topological polar surface area (TPSA) is 59.8 Å². The molecule has 1 atom stereocenters. The van der Waals surface area contributed by atoms with Crippen LogP contribution in [0.1, 0.15) is 54.4 Å². The van der Waals surface area contributed by atoms with Crippen molar-refractivity contribution in [2.24, 2.45) is 5.92 Å². The molecule has 0 aliphatic carbocycles. The molecule has 0 saturated heterocycles. The SMILES string of the molecule is Cc1cccc(CSc2nnc(C(Cc3ccccc3)NC(=O)CC(C)C)n2-c2cc(Cl)ccc2C)c1. The molecule has 0 fully saturated rings. The number of aromatic nitrogens is 3. The Kier molecular flexibility index (Phi) is 9.06. The van der Waals surface area contributed by atoms with Crippen molar-refractivity contribution in [2.45, 2.75) is 57.5 Å². The number of aryl methyl sites for hydroxylation is 2. The van der Waals surface area contributed by atoms with Gasteiger partial charge in [0, 0.05) is 17.2 Å². The Morgan fingerprint density at radius 2 is 1.73 bits per heavy atom. The molecule has 1 unspecified atom stereocenters. The molecule has 7 heteroatoms. The fourth-order valence-corrected chi connectivity index (χ4v) is 5.34. The van der Waals surface area contributed by atoms with Gasteiger partial charge in [0.2, 0.25) is 5.91 Å². The summed E-state index contributed by atoms with van der Waals surface area (Å²) in [6.07, 6.45) is 1.05. The number of nitrogens with one attached hydrogen (secondary N) is 1. The molecule has 4 rings (SSSR count). The minimum absolute atomic E-state index is 0.00209. The zero-order valence-electron chi connectivity index (χ0n) is 21.7. The number of hydrogen-bond acceptors (Lipinski definition) is 4. The number of benzene rings is 3. The Labute approximate surface area is 228 Å². The fraction of sp³-hybridized carbons (Fsp3) is 0.300. The molecule has 1 N–H and O–H groups in total. The maximum atomic E-state index is 13.0. The monoisotopic (exact) mass is 532 g/mol. The molecule has 1 heterocycles. The molecular formula is C30H33ClN4OS. The smallest absolute Gasteiger partial charge is 0.220 e. The minimum Gasteiger partial charge on any atom is -0.346 e. The van der Waals surface area contributed by atoms with Crippen LogP contribution in [0.3, 0.4) is 0 Å². The lowest BCUT2D eigenvalue weighted by Crippen LogP contribution is -2.32. The first-order valence-electron chi connectivity index (χ1n) is 12.5. The van der Waals surface area contributed by atoms with Crippen molar-refractivity contribution in [3.8, 4) is 5.69 Å². The standard InChI is InChI=1S/C30H33ClN4OS/c1-20(2)15-28(36)32-26(17-23-10-6-5-7-11-23)29-33-34-30(37-19-24-12-8-9-21(3)16-24)35(29)27-18-25(31)14-13-22(27)4/h5-14,16,18,20,26H,15,17,19H2,1-4H3,(H,32,36). The van der Waals surface area contributed by atoms with Crippen molar-refractivity contribution in [2.75, 3.05) is 0 Å². The Bertz CT molecular complexity index is 1350. The zero-order valence-corrected chi connectivity index (χ0v) is 23.3. The summed E-state index contributed by atoms with van der Waals surface area (Å²) in [6, 6.07) is 24.1. The number of nitrogens with zero attached hydrogens (tertiary/aromatic N) is 3. The molecule has 0 saturated carbocycles. The summed E-state index contributed by atoms with van der Waals surface area (Å²) in [7, 11) is 0. The predicted molar refractivity (Wildman–Crippen MR) is 152 cm³/mol. The van der Waals surface area contributed by atoms with E-state index in [0.717, 1.165) is 27.7 Å². The largest absolute Gasteiger partial charge is 0.346 e. The third-order valence-corrected chi connectivity index (χ3v) is 7.28. The summed E-state index contributed by atoms with van der Waals surface area (Å²) in [5.41, 5.74) is 5.52. The van der Waals surface area contributed by atoms with Crippen molar-refractivity contribution in [3.05, 3.63) is 106 Å². The summed E-state index contributed by atoms with van der Waals surface area (Å²) in [5, 5.41) is 13.9. The van der Waals surface area contributed by atoms with E-state index in [1.54, 1.807) is 11.8 Å². The molecule has 37 heavy (non-hydrogen) atoms. The number of amides is 1. The van der Waals surface area contributed by atoms with Gasteiger partial charge >= 0.3 is 0 Å². The highest BCUT2D eigenvalue weighted by molar-refractivity contribution is 7.98. The van der Waals surface area contributed by atoms with Crippen molar-refractivity contribution in [1.29, 1.82) is 0 Å². The van der Waals surface area contributed by atoms with E-state index in [2.05, 4.69) is 63.4 Å². The van der Waals surface area contributed by atoms with E-state index in [1.807, 2.05) is 57.2 Å². The molecule has 0 radical (unpaired) electrons. The summed E-state index contributed by atoms with van der Waals surface area (Å²) >= 11 is 8.07. The van der Waals surface area contributed by atoms with Gasteiger partial charge in [-0.3, -0.25) is 9.36 Å². The van der Waals surface area contributed by atoms with Gasteiger partial charge in [-0.2, -0.15) is 0 Å². The van der Waals surface area contributed by atoms with Crippen molar-refractivity contribution < 1.29 is 4.79 Å². The molecule has 4 aromatic rings. The average molecular weight is 533 g/mol. The van der Waals surface area contributed by atoms with Crippen LogP contribution in [0.4, 0.5) is 0 Å². The molecule has 192 valence electrons. The van der Waals surface area contributed by atoms with E-state index in [1.165, 1.54) is 11.1 Å². The molecule has 3 aromatic carbocycles. The maximum absolute atomic E-state index is 13.0.